The summed E-state index contributed by atoms with van der Waals surface area (Å²) in [6.45, 7) is 1.50. The summed E-state index contributed by atoms with van der Waals surface area (Å²) in [5.41, 5.74) is 5.98. The van der Waals surface area contributed by atoms with Crippen molar-refractivity contribution in [2.24, 2.45) is 5.73 Å². The van der Waals surface area contributed by atoms with E-state index in [9.17, 15) is 0 Å². The summed E-state index contributed by atoms with van der Waals surface area (Å²) in [6, 6.07) is 0. The summed E-state index contributed by atoms with van der Waals surface area (Å²) in [4.78, 5) is 4.50. The third-order valence-electron chi connectivity index (χ3n) is 3.91. The summed E-state index contributed by atoms with van der Waals surface area (Å²) in [7, 11) is 0. The van der Waals surface area contributed by atoms with Crippen LogP contribution < -0.4 is 5.73 Å². The minimum atomic E-state index is -0.386. The third-order valence-corrected chi connectivity index (χ3v) is 3.91. The van der Waals surface area contributed by atoms with Gasteiger partial charge in [0.2, 0.25) is 5.89 Å². The van der Waals surface area contributed by atoms with Gasteiger partial charge in [-0.2, -0.15) is 4.98 Å². The standard InChI is InChI=1S/C12H19N3O2/c13-12(5-2-1-3-6-12)11-14-10(15-17-11)9-4-7-16-8-9/h9H,1-8,13H2/t9-/m0/s1. The van der Waals surface area contributed by atoms with Gasteiger partial charge >= 0.3 is 0 Å². The van der Waals surface area contributed by atoms with Crippen LogP contribution in [0.4, 0.5) is 0 Å². The number of hydrogen-bond donors (Lipinski definition) is 1. The fraction of sp³-hybridized carbons (Fsp3) is 0.833. The molecule has 2 fully saturated rings. The molecule has 1 aliphatic heterocycles. The van der Waals surface area contributed by atoms with Crippen molar-refractivity contribution in [3.05, 3.63) is 11.7 Å². The normalized spacial score (nSPS) is 28.4. The highest BCUT2D eigenvalue weighted by atomic mass is 16.5. The van der Waals surface area contributed by atoms with Crippen molar-refractivity contribution < 1.29 is 9.26 Å². The second kappa shape index (κ2) is 4.38. The minimum absolute atomic E-state index is 0.291. The van der Waals surface area contributed by atoms with Crippen molar-refractivity contribution in [3.8, 4) is 0 Å². The number of nitrogens with zero attached hydrogens (tertiary/aromatic N) is 2. The van der Waals surface area contributed by atoms with Crippen LogP contribution in [0.3, 0.4) is 0 Å². The molecular formula is C12H19N3O2. The van der Waals surface area contributed by atoms with Gasteiger partial charge < -0.3 is 15.0 Å². The number of ether oxygens (including phenoxy) is 1. The van der Waals surface area contributed by atoms with Crippen LogP contribution >= 0.6 is 0 Å². The van der Waals surface area contributed by atoms with E-state index in [-0.39, 0.29) is 5.54 Å². The van der Waals surface area contributed by atoms with Gasteiger partial charge in [0, 0.05) is 12.5 Å². The highest BCUT2D eigenvalue weighted by Crippen LogP contribution is 2.34. The summed E-state index contributed by atoms with van der Waals surface area (Å²) >= 11 is 0. The first-order valence-electron chi connectivity index (χ1n) is 6.49. The molecule has 17 heavy (non-hydrogen) atoms. The quantitative estimate of drug-likeness (QED) is 0.847. The van der Waals surface area contributed by atoms with Gasteiger partial charge in [-0.25, -0.2) is 0 Å². The first-order chi connectivity index (χ1) is 8.28. The molecule has 0 spiro atoms. The van der Waals surface area contributed by atoms with Gasteiger partial charge in [-0.3, -0.25) is 0 Å². The maximum Gasteiger partial charge on any atom is 0.246 e. The maximum atomic E-state index is 6.36. The monoisotopic (exact) mass is 237 g/mol. The predicted molar refractivity (Wildman–Crippen MR) is 61.4 cm³/mol. The summed E-state index contributed by atoms with van der Waals surface area (Å²) in [5, 5.41) is 4.07. The highest BCUT2D eigenvalue weighted by molar-refractivity contribution is 5.06. The molecule has 1 aromatic rings. The van der Waals surface area contributed by atoms with Gasteiger partial charge in [0.15, 0.2) is 5.82 Å². The zero-order valence-electron chi connectivity index (χ0n) is 10.0. The molecule has 1 atom stereocenters. The highest BCUT2D eigenvalue weighted by Gasteiger charge is 2.36. The van der Waals surface area contributed by atoms with E-state index >= 15 is 0 Å². The first kappa shape index (κ1) is 11.2. The van der Waals surface area contributed by atoms with E-state index in [1.165, 1.54) is 6.42 Å². The molecule has 5 heteroatoms. The van der Waals surface area contributed by atoms with Crippen LogP contribution in [0.25, 0.3) is 0 Å². The Morgan fingerprint density at radius 2 is 2.06 bits per heavy atom. The van der Waals surface area contributed by atoms with Crippen LogP contribution in [-0.2, 0) is 10.3 Å². The molecule has 0 radical (unpaired) electrons. The summed E-state index contributed by atoms with van der Waals surface area (Å²) < 4.78 is 10.7. The second-order valence-corrected chi connectivity index (χ2v) is 5.24. The molecule has 1 saturated carbocycles. The Morgan fingerprint density at radius 1 is 1.24 bits per heavy atom. The van der Waals surface area contributed by atoms with Gasteiger partial charge in [0.25, 0.3) is 0 Å². The van der Waals surface area contributed by atoms with E-state index in [2.05, 4.69) is 10.1 Å². The first-order valence-corrected chi connectivity index (χ1v) is 6.49. The zero-order chi connectivity index (χ0) is 11.7. The van der Waals surface area contributed by atoms with Crippen molar-refractivity contribution in [1.29, 1.82) is 0 Å². The molecule has 2 heterocycles. The molecule has 0 amide bonds. The molecule has 1 aromatic heterocycles. The number of rotatable bonds is 2. The Hall–Kier alpha value is -0.940. The van der Waals surface area contributed by atoms with Crippen LogP contribution in [0.2, 0.25) is 0 Å². The van der Waals surface area contributed by atoms with E-state index < -0.39 is 0 Å². The second-order valence-electron chi connectivity index (χ2n) is 5.24. The van der Waals surface area contributed by atoms with E-state index in [0.717, 1.165) is 44.5 Å². The molecule has 0 bridgehead atoms. The molecule has 0 aromatic carbocycles. The van der Waals surface area contributed by atoms with Gasteiger partial charge in [-0.1, -0.05) is 24.4 Å². The fourth-order valence-corrected chi connectivity index (χ4v) is 2.74. The van der Waals surface area contributed by atoms with Crippen LogP contribution in [-0.4, -0.2) is 23.4 Å². The minimum Gasteiger partial charge on any atom is -0.381 e. The Kier molecular flexibility index (Phi) is 2.88. The van der Waals surface area contributed by atoms with Gasteiger partial charge in [0.05, 0.1) is 12.1 Å². The molecule has 1 aliphatic carbocycles. The van der Waals surface area contributed by atoms with Crippen LogP contribution in [0.1, 0.15) is 56.2 Å². The van der Waals surface area contributed by atoms with Gasteiger partial charge in [-0.15, -0.1) is 0 Å². The third kappa shape index (κ3) is 2.09. The van der Waals surface area contributed by atoms with Crippen molar-refractivity contribution in [2.45, 2.75) is 50.0 Å². The molecule has 2 N–H and O–H groups in total. The van der Waals surface area contributed by atoms with E-state index in [4.69, 9.17) is 15.0 Å². The van der Waals surface area contributed by atoms with Crippen LogP contribution in [0.15, 0.2) is 4.52 Å². The lowest BCUT2D eigenvalue weighted by Gasteiger charge is -2.29. The molecule has 2 aliphatic rings. The number of hydrogen-bond acceptors (Lipinski definition) is 5. The Labute approximate surface area is 101 Å². The lowest BCUT2D eigenvalue weighted by Crippen LogP contribution is -2.39. The Bertz CT molecular complexity index is 379. The zero-order valence-corrected chi connectivity index (χ0v) is 10.0. The molecule has 3 rings (SSSR count). The smallest absolute Gasteiger partial charge is 0.246 e. The lowest BCUT2D eigenvalue weighted by atomic mass is 9.82. The number of nitrogens with two attached hydrogens (primary N) is 1. The average molecular weight is 237 g/mol. The van der Waals surface area contributed by atoms with Crippen molar-refractivity contribution >= 4 is 0 Å². The predicted octanol–water partition coefficient (Wildman–Crippen LogP) is 1.69. The summed E-state index contributed by atoms with van der Waals surface area (Å²) in [5.74, 6) is 1.69. The van der Waals surface area contributed by atoms with Crippen molar-refractivity contribution in [2.75, 3.05) is 13.2 Å². The van der Waals surface area contributed by atoms with Crippen LogP contribution in [0.5, 0.6) is 0 Å². The summed E-state index contributed by atoms with van der Waals surface area (Å²) in [6.07, 6.45) is 6.46. The van der Waals surface area contributed by atoms with Crippen molar-refractivity contribution in [1.82, 2.24) is 10.1 Å². The van der Waals surface area contributed by atoms with E-state index in [0.29, 0.717) is 18.4 Å². The van der Waals surface area contributed by atoms with Crippen molar-refractivity contribution in [3.63, 3.8) is 0 Å². The van der Waals surface area contributed by atoms with Crippen LogP contribution in [0, 0.1) is 0 Å². The van der Waals surface area contributed by atoms with E-state index in [1.807, 2.05) is 0 Å². The largest absolute Gasteiger partial charge is 0.381 e. The fourth-order valence-electron chi connectivity index (χ4n) is 2.74. The molecule has 0 unspecified atom stereocenters. The molecule has 94 valence electrons. The molecule has 5 nitrogen and oxygen atoms in total. The average Bonchev–Trinajstić information content (AvgIpc) is 3.01. The molecule has 1 saturated heterocycles. The Morgan fingerprint density at radius 3 is 2.76 bits per heavy atom. The van der Waals surface area contributed by atoms with E-state index in [1.54, 1.807) is 0 Å². The lowest BCUT2D eigenvalue weighted by molar-refractivity contribution is 0.192. The molecular weight excluding hydrogens is 218 g/mol. The maximum absolute atomic E-state index is 6.36. The van der Waals surface area contributed by atoms with Gasteiger partial charge in [-0.05, 0) is 19.3 Å². The Balaban J connectivity index is 1.78. The van der Waals surface area contributed by atoms with Gasteiger partial charge in [0.1, 0.15) is 0 Å². The number of aromatic nitrogens is 2. The topological polar surface area (TPSA) is 74.2 Å². The SMILES string of the molecule is NC1(c2nc([C@H]3CCOC3)no2)CCCCC1.